The lowest BCUT2D eigenvalue weighted by Crippen LogP contribution is -2.43. The molecule has 0 saturated heterocycles. The smallest absolute Gasteiger partial charge is 0.264 e. The van der Waals surface area contributed by atoms with Gasteiger partial charge < -0.3 is 0 Å². The van der Waals surface area contributed by atoms with Crippen LogP contribution in [0.15, 0.2) is 0 Å². The highest BCUT2D eigenvalue weighted by Gasteiger charge is 2.40. The van der Waals surface area contributed by atoms with E-state index in [0.29, 0.717) is 12.8 Å². The first-order valence-electron chi connectivity index (χ1n) is 6.54. The molecule has 1 rings (SSSR count). The minimum absolute atomic E-state index is 0.00910. The van der Waals surface area contributed by atoms with Crippen LogP contribution in [0.25, 0.3) is 0 Å². The first-order valence-corrected chi connectivity index (χ1v) is 10.2. The van der Waals surface area contributed by atoms with Crippen LogP contribution in [0.5, 0.6) is 0 Å². The zero-order chi connectivity index (χ0) is 15.8. The van der Waals surface area contributed by atoms with E-state index in [2.05, 4.69) is 20.8 Å². The average Bonchev–Trinajstić information content (AvgIpc) is 2.14. The topological polar surface area (TPSA) is 86.7 Å². The van der Waals surface area contributed by atoms with Gasteiger partial charge in [0, 0.05) is 0 Å². The van der Waals surface area contributed by atoms with Crippen molar-refractivity contribution in [1.82, 2.24) is 0 Å². The highest BCUT2D eigenvalue weighted by Crippen LogP contribution is 2.40. The molecule has 0 N–H and O–H groups in total. The van der Waals surface area contributed by atoms with Gasteiger partial charge in [-0.05, 0) is 30.6 Å². The molecule has 1 aliphatic carbocycles. The Balaban J connectivity index is 2.91. The molecule has 3 unspecified atom stereocenters. The molecule has 1 saturated carbocycles. The third-order valence-corrected chi connectivity index (χ3v) is 4.75. The molecule has 0 aromatic carbocycles. The van der Waals surface area contributed by atoms with Gasteiger partial charge in [-0.15, -0.1) is 0 Å². The van der Waals surface area contributed by atoms with Gasteiger partial charge in [-0.3, -0.25) is 8.37 Å². The van der Waals surface area contributed by atoms with Gasteiger partial charge in [0.25, 0.3) is 20.2 Å². The average molecular weight is 328 g/mol. The number of hydrogen-bond acceptors (Lipinski definition) is 6. The van der Waals surface area contributed by atoms with Gasteiger partial charge in [-0.2, -0.15) is 16.8 Å². The monoisotopic (exact) mass is 328 g/mol. The highest BCUT2D eigenvalue weighted by atomic mass is 32.2. The molecule has 6 nitrogen and oxygen atoms in total. The lowest BCUT2D eigenvalue weighted by atomic mass is 9.71. The number of rotatable bonds is 4. The summed E-state index contributed by atoms with van der Waals surface area (Å²) in [6.07, 6.45) is 2.15. The zero-order valence-electron chi connectivity index (χ0n) is 12.6. The van der Waals surface area contributed by atoms with Crippen molar-refractivity contribution in [2.45, 2.75) is 52.2 Å². The largest absolute Gasteiger partial charge is 0.264 e. The van der Waals surface area contributed by atoms with Crippen molar-refractivity contribution in [2.24, 2.45) is 11.3 Å². The fraction of sp³-hybridized carbons (Fsp3) is 1.00. The summed E-state index contributed by atoms with van der Waals surface area (Å²) in [6, 6.07) is 0. The van der Waals surface area contributed by atoms with Crippen molar-refractivity contribution in [3.63, 3.8) is 0 Å². The van der Waals surface area contributed by atoms with Gasteiger partial charge in [0.15, 0.2) is 0 Å². The Kier molecular flexibility index (Phi) is 5.27. The Morgan fingerprint density at radius 2 is 1.30 bits per heavy atom. The van der Waals surface area contributed by atoms with Gasteiger partial charge in [-0.25, -0.2) is 0 Å². The lowest BCUT2D eigenvalue weighted by Gasteiger charge is -2.40. The van der Waals surface area contributed by atoms with Crippen LogP contribution < -0.4 is 0 Å². The van der Waals surface area contributed by atoms with Crippen LogP contribution in [0.1, 0.15) is 40.0 Å². The zero-order valence-corrected chi connectivity index (χ0v) is 14.3. The molecule has 3 atom stereocenters. The summed E-state index contributed by atoms with van der Waals surface area (Å²) in [5.41, 5.74) is 0.00910. The first-order chi connectivity index (χ1) is 8.78. The van der Waals surface area contributed by atoms with E-state index in [4.69, 9.17) is 8.37 Å². The van der Waals surface area contributed by atoms with E-state index < -0.39 is 32.4 Å². The summed E-state index contributed by atoms with van der Waals surface area (Å²) in [5.74, 6) is 0.258. The lowest BCUT2D eigenvalue weighted by molar-refractivity contribution is -0.00994. The molecule has 0 bridgehead atoms. The summed E-state index contributed by atoms with van der Waals surface area (Å²) >= 11 is 0. The minimum atomic E-state index is -3.66. The Morgan fingerprint density at radius 3 is 1.70 bits per heavy atom. The maximum atomic E-state index is 11.3. The van der Waals surface area contributed by atoms with Gasteiger partial charge in [-0.1, -0.05) is 20.8 Å². The summed E-state index contributed by atoms with van der Waals surface area (Å²) in [6.45, 7) is 6.23. The van der Waals surface area contributed by atoms with E-state index in [1.165, 1.54) is 0 Å². The molecule has 0 radical (unpaired) electrons. The highest BCUT2D eigenvalue weighted by molar-refractivity contribution is 7.86. The van der Waals surface area contributed by atoms with Crippen LogP contribution in [-0.4, -0.2) is 41.6 Å². The van der Waals surface area contributed by atoms with E-state index in [0.717, 1.165) is 18.9 Å². The molecular formula is C12H24O6S2. The van der Waals surface area contributed by atoms with Crippen LogP contribution in [0, 0.1) is 11.3 Å². The molecule has 120 valence electrons. The molecule has 0 spiro atoms. The third kappa shape index (κ3) is 6.07. The molecule has 0 heterocycles. The molecular weight excluding hydrogens is 304 g/mol. The Morgan fingerprint density at radius 1 is 0.850 bits per heavy atom. The molecule has 0 amide bonds. The fourth-order valence-electron chi connectivity index (χ4n) is 2.55. The summed E-state index contributed by atoms with van der Waals surface area (Å²) in [4.78, 5) is 0. The van der Waals surface area contributed by atoms with Crippen molar-refractivity contribution in [3.8, 4) is 0 Å². The molecule has 20 heavy (non-hydrogen) atoms. The van der Waals surface area contributed by atoms with Crippen LogP contribution in [0.2, 0.25) is 0 Å². The second-order valence-corrected chi connectivity index (χ2v) is 9.75. The first kappa shape index (κ1) is 17.9. The molecule has 8 heteroatoms. The molecule has 0 aliphatic heterocycles. The van der Waals surface area contributed by atoms with E-state index in [-0.39, 0.29) is 11.3 Å². The predicted molar refractivity (Wildman–Crippen MR) is 76.2 cm³/mol. The summed E-state index contributed by atoms with van der Waals surface area (Å²) in [7, 11) is -7.30. The summed E-state index contributed by atoms with van der Waals surface area (Å²) < 4.78 is 55.2. The van der Waals surface area contributed by atoms with Gasteiger partial charge in [0.2, 0.25) is 0 Å². The Hall–Kier alpha value is -0.180. The van der Waals surface area contributed by atoms with Gasteiger partial charge in [0.1, 0.15) is 12.2 Å². The van der Waals surface area contributed by atoms with Gasteiger partial charge in [0.05, 0.1) is 12.5 Å². The minimum Gasteiger partial charge on any atom is -0.264 e. The van der Waals surface area contributed by atoms with Crippen molar-refractivity contribution in [2.75, 3.05) is 12.5 Å². The van der Waals surface area contributed by atoms with Crippen LogP contribution in [0.4, 0.5) is 0 Å². The second kappa shape index (κ2) is 5.90. The summed E-state index contributed by atoms with van der Waals surface area (Å²) in [5, 5.41) is 0. The maximum Gasteiger partial charge on any atom is 0.264 e. The van der Waals surface area contributed by atoms with E-state index in [9.17, 15) is 16.8 Å². The SMILES string of the molecule is CC(C)(C)C1CCC(OS(C)(=O)=O)C(OS(C)(=O)=O)C1. The maximum absolute atomic E-state index is 11.3. The second-order valence-electron chi connectivity index (χ2n) is 6.55. The van der Waals surface area contributed by atoms with E-state index in [1.807, 2.05) is 0 Å². The van der Waals surface area contributed by atoms with Crippen LogP contribution in [-0.2, 0) is 28.6 Å². The van der Waals surface area contributed by atoms with Crippen molar-refractivity contribution >= 4 is 20.2 Å². The van der Waals surface area contributed by atoms with E-state index >= 15 is 0 Å². The van der Waals surface area contributed by atoms with Gasteiger partial charge >= 0.3 is 0 Å². The van der Waals surface area contributed by atoms with Crippen molar-refractivity contribution < 1.29 is 25.2 Å². The Labute approximate surface area is 122 Å². The molecule has 1 aliphatic rings. The number of hydrogen-bond donors (Lipinski definition) is 0. The van der Waals surface area contributed by atoms with Crippen LogP contribution >= 0.6 is 0 Å². The molecule has 0 aromatic heterocycles. The Bertz CT molecular complexity index is 529. The fourth-order valence-corrected chi connectivity index (χ4v) is 3.87. The molecule has 0 aromatic rings. The van der Waals surface area contributed by atoms with Crippen LogP contribution in [0.3, 0.4) is 0 Å². The van der Waals surface area contributed by atoms with Crippen molar-refractivity contribution in [1.29, 1.82) is 0 Å². The quantitative estimate of drug-likeness (QED) is 0.727. The predicted octanol–water partition coefficient (Wildman–Crippen LogP) is 1.52. The van der Waals surface area contributed by atoms with E-state index in [1.54, 1.807) is 0 Å². The standard InChI is InChI=1S/C12H24O6S2/c1-12(2,3)9-6-7-10(17-19(4,13)14)11(8-9)18-20(5,15)16/h9-11H,6-8H2,1-5H3. The molecule has 1 fully saturated rings. The normalized spacial score (nSPS) is 29.4. The van der Waals surface area contributed by atoms with Crippen molar-refractivity contribution in [3.05, 3.63) is 0 Å². The third-order valence-electron chi connectivity index (χ3n) is 3.55.